The number of carbonyl (C=O) groups is 1. The predicted octanol–water partition coefficient (Wildman–Crippen LogP) is 2.40. The molecule has 0 amide bonds. The standard InChI is InChI=1S/C11H23NO2/c1-2-3-4-7-10(11(13)14)8-5-6-9-12/h10H,2-9,12H2,1H3,(H,13,14). The molecule has 0 saturated heterocycles. The number of aliphatic carboxylic acids is 1. The highest BCUT2D eigenvalue weighted by atomic mass is 16.4. The van der Waals surface area contributed by atoms with Gasteiger partial charge in [0, 0.05) is 0 Å². The molecule has 1 unspecified atom stereocenters. The Morgan fingerprint density at radius 1 is 1.21 bits per heavy atom. The lowest BCUT2D eigenvalue weighted by Crippen LogP contribution is -2.14. The Morgan fingerprint density at radius 3 is 2.21 bits per heavy atom. The first-order valence-electron chi connectivity index (χ1n) is 5.65. The van der Waals surface area contributed by atoms with Crippen LogP contribution in [0.3, 0.4) is 0 Å². The summed E-state index contributed by atoms with van der Waals surface area (Å²) in [5.74, 6) is -0.786. The van der Waals surface area contributed by atoms with E-state index < -0.39 is 5.97 Å². The first kappa shape index (κ1) is 13.4. The topological polar surface area (TPSA) is 63.3 Å². The molecule has 0 aromatic heterocycles. The van der Waals surface area contributed by atoms with Crippen LogP contribution in [0, 0.1) is 5.92 Å². The zero-order chi connectivity index (χ0) is 10.8. The van der Waals surface area contributed by atoms with Crippen LogP contribution in [0.15, 0.2) is 0 Å². The summed E-state index contributed by atoms with van der Waals surface area (Å²) in [7, 11) is 0. The molecule has 0 aliphatic carbocycles. The molecule has 3 nitrogen and oxygen atoms in total. The Bertz CT molecular complexity index is 138. The predicted molar refractivity (Wildman–Crippen MR) is 58.2 cm³/mol. The summed E-state index contributed by atoms with van der Waals surface area (Å²) >= 11 is 0. The molecule has 0 fully saturated rings. The minimum Gasteiger partial charge on any atom is -0.481 e. The molecule has 0 aromatic rings. The second kappa shape index (κ2) is 9.00. The molecule has 0 heterocycles. The van der Waals surface area contributed by atoms with Gasteiger partial charge in [0.1, 0.15) is 0 Å². The summed E-state index contributed by atoms with van der Waals surface area (Å²) in [6.07, 6.45) is 6.83. The smallest absolute Gasteiger partial charge is 0.306 e. The van der Waals surface area contributed by atoms with E-state index in [-0.39, 0.29) is 5.92 Å². The van der Waals surface area contributed by atoms with E-state index in [0.29, 0.717) is 6.54 Å². The van der Waals surface area contributed by atoms with Crippen LogP contribution in [-0.2, 0) is 4.79 Å². The number of rotatable bonds is 9. The van der Waals surface area contributed by atoms with Crippen molar-refractivity contribution in [3.05, 3.63) is 0 Å². The van der Waals surface area contributed by atoms with E-state index in [1.165, 1.54) is 0 Å². The molecule has 3 heteroatoms. The monoisotopic (exact) mass is 201 g/mol. The van der Waals surface area contributed by atoms with Gasteiger partial charge >= 0.3 is 5.97 Å². The van der Waals surface area contributed by atoms with Gasteiger partial charge in [-0.25, -0.2) is 0 Å². The maximum absolute atomic E-state index is 10.9. The molecular formula is C11H23NO2. The highest BCUT2D eigenvalue weighted by Crippen LogP contribution is 2.16. The molecule has 14 heavy (non-hydrogen) atoms. The van der Waals surface area contributed by atoms with Crippen LogP contribution >= 0.6 is 0 Å². The van der Waals surface area contributed by atoms with E-state index >= 15 is 0 Å². The number of hydrogen-bond donors (Lipinski definition) is 2. The van der Waals surface area contributed by atoms with Gasteiger partial charge in [0.2, 0.25) is 0 Å². The molecule has 0 saturated carbocycles. The fourth-order valence-electron chi connectivity index (χ4n) is 1.57. The van der Waals surface area contributed by atoms with Crippen molar-refractivity contribution in [3.8, 4) is 0 Å². The van der Waals surface area contributed by atoms with Crippen molar-refractivity contribution in [1.82, 2.24) is 0 Å². The lowest BCUT2D eigenvalue weighted by Gasteiger charge is -2.11. The molecule has 0 rings (SSSR count). The third-order valence-corrected chi connectivity index (χ3v) is 2.51. The number of hydrogen-bond acceptors (Lipinski definition) is 2. The fourth-order valence-corrected chi connectivity index (χ4v) is 1.57. The number of nitrogens with two attached hydrogens (primary N) is 1. The molecule has 0 spiro atoms. The summed E-state index contributed by atoms with van der Waals surface area (Å²) in [6.45, 7) is 2.80. The minimum absolute atomic E-state index is 0.145. The number of carboxylic acid groups (broad SMARTS) is 1. The summed E-state index contributed by atoms with van der Waals surface area (Å²) in [5.41, 5.74) is 5.37. The Balaban J connectivity index is 3.61. The van der Waals surface area contributed by atoms with Crippen LogP contribution in [-0.4, -0.2) is 17.6 Å². The van der Waals surface area contributed by atoms with Crippen molar-refractivity contribution in [1.29, 1.82) is 0 Å². The van der Waals surface area contributed by atoms with Crippen molar-refractivity contribution in [2.24, 2.45) is 11.7 Å². The molecule has 0 aromatic carbocycles. The average Bonchev–Trinajstić information content (AvgIpc) is 2.15. The van der Waals surface area contributed by atoms with Crippen LogP contribution in [0.4, 0.5) is 0 Å². The highest BCUT2D eigenvalue weighted by molar-refractivity contribution is 5.69. The van der Waals surface area contributed by atoms with Crippen LogP contribution in [0.25, 0.3) is 0 Å². The maximum Gasteiger partial charge on any atom is 0.306 e. The summed E-state index contributed by atoms with van der Waals surface area (Å²) in [5, 5.41) is 8.94. The van der Waals surface area contributed by atoms with Crippen molar-refractivity contribution in [2.45, 2.75) is 51.9 Å². The van der Waals surface area contributed by atoms with E-state index in [2.05, 4.69) is 6.92 Å². The van der Waals surface area contributed by atoms with Crippen LogP contribution < -0.4 is 5.73 Å². The third-order valence-electron chi connectivity index (χ3n) is 2.51. The molecule has 84 valence electrons. The Hall–Kier alpha value is -0.570. The molecule has 0 radical (unpaired) electrons. The van der Waals surface area contributed by atoms with Gasteiger partial charge in [-0.15, -0.1) is 0 Å². The maximum atomic E-state index is 10.9. The van der Waals surface area contributed by atoms with E-state index in [4.69, 9.17) is 10.8 Å². The van der Waals surface area contributed by atoms with Gasteiger partial charge in [-0.1, -0.05) is 32.6 Å². The quantitative estimate of drug-likeness (QED) is 0.563. The van der Waals surface area contributed by atoms with Crippen molar-refractivity contribution < 1.29 is 9.90 Å². The molecule has 1 atom stereocenters. The van der Waals surface area contributed by atoms with E-state index in [0.717, 1.165) is 44.9 Å². The first-order chi connectivity index (χ1) is 6.72. The lowest BCUT2D eigenvalue weighted by atomic mass is 9.95. The molecule has 0 aliphatic rings. The molecule has 0 aliphatic heterocycles. The fraction of sp³-hybridized carbons (Fsp3) is 0.909. The highest BCUT2D eigenvalue weighted by Gasteiger charge is 2.15. The zero-order valence-corrected chi connectivity index (χ0v) is 9.17. The van der Waals surface area contributed by atoms with Crippen molar-refractivity contribution >= 4 is 5.97 Å². The third kappa shape index (κ3) is 6.89. The second-order valence-corrected chi connectivity index (χ2v) is 3.82. The first-order valence-corrected chi connectivity index (χ1v) is 5.65. The van der Waals surface area contributed by atoms with Gasteiger partial charge in [0.05, 0.1) is 5.92 Å². The number of carboxylic acids is 1. The van der Waals surface area contributed by atoms with E-state index in [9.17, 15) is 4.79 Å². The van der Waals surface area contributed by atoms with Crippen LogP contribution in [0.2, 0.25) is 0 Å². The normalized spacial score (nSPS) is 12.7. The van der Waals surface area contributed by atoms with Crippen molar-refractivity contribution in [3.63, 3.8) is 0 Å². The second-order valence-electron chi connectivity index (χ2n) is 3.82. The van der Waals surface area contributed by atoms with Gasteiger partial charge in [-0.3, -0.25) is 4.79 Å². The Morgan fingerprint density at radius 2 is 1.79 bits per heavy atom. The SMILES string of the molecule is CCCCCC(CCCCN)C(=O)O. The average molecular weight is 201 g/mol. The number of unbranched alkanes of at least 4 members (excludes halogenated alkanes) is 3. The molecule has 0 bridgehead atoms. The van der Waals surface area contributed by atoms with Gasteiger partial charge in [-0.2, -0.15) is 0 Å². The largest absolute Gasteiger partial charge is 0.481 e. The Kier molecular flexibility index (Phi) is 8.64. The van der Waals surface area contributed by atoms with Gasteiger partial charge < -0.3 is 10.8 Å². The van der Waals surface area contributed by atoms with Crippen molar-refractivity contribution in [2.75, 3.05) is 6.54 Å². The lowest BCUT2D eigenvalue weighted by molar-refractivity contribution is -0.142. The van der Waals surface area contributed by atoms with Gasteiger partial charge in [0.25, 0.3) is 0 Å². The summed E-state index contributed by atoms with van der Waals surface area (Å²) < 4.78 is 0. The Labute approximate surface area is 86.7 Å². The van der Waals surface area contributed by atoms with Crippen LogP contribution in [0.1, 0.15) is 51.9 Å². The molecule has 3 N–H and O–H groups in total. The summed E-state index contributed by atoms with van der Waals surface area (Å²) in [6, 6.07) is 0. The van der Waals surface area contributed by atoms with Gasteiger partial charge in [-0.05, 0) is 25.8 Å². The summed E-state index contributed by atoms with van der Waals surface area (Å²) in [4.78, 5) is 10.9. The zero-order valence-electron chi connectivity index (χ0n) is 9.17. The van der Waals surface area contributed by atoms with E-state index in [1.807, 2.05) is 0 Å². The molecular weight excluding hydrogens is 178 g/mol. The van der Waals surface area contributed by atoms with Gasteiger partial charge in [0.15, 0.2) is 0 Å². The van der Waals surface area contributed by atoms with Crippen LogP contribution in [0.5, 0.6) is 0 Å². The van der Waals surface area contributed by atoms with E-state index in [1.54, 1.807) is 0 Å². The minimum atomic E-state index is -0.641.